The molecular formula is C16H18N2O. The highest BCUT2D eigenvalue weighted by molar-refractivity contribution is 5.98. The summed E-state index contributed by atoms with van der Waals surface area (Å²) in [5, 5.41) is 12.5. The van der Waals surface area contributed by atoms with E-state index in [4.69, 9.17) is 5.26 Å². The summed E-state index contributed by atoms with van der Waals surface area (Å²) in [6.45, 7) is 1.89. The van der Waals surface area contributed by atoms with Gasteiger partial charge in [-0.3, -0.25) is 4.79 Å². The first-order chi connectivity index (χ1) is 9.17. The number of Topliss-reactive ketones (excluding diaryl/α,β-unsaturated/α-hetero) is 1. The standard InChI is InChI=1S/C16H18N2O/c1-10-6-11(2-3-12(10)9-17)16(19)13-7-14-4-5-15(8-13)18-14/h2-3,6,13-15,18H,4-5,7-8H2,1H3. The zero-order valence-electron chi connectivity index (χ0n) is 11.1. The highest BCUT2D eigenvalue weighted by Gasteiger charge is 2.36. The molecule has 1 N–H and O–H groups in total. The zero-order chi connectivity index (χ0) is 13.4. The van der Waals surface area contributed by atoms with Crippen LogP contribution in [0.4, 0.5) is 0 Å². The fourth-order valence-electron chi connectivity index (χ4n) is 3.45. The lowest BCUT2D eigenvalue weighted by Crippen LogP contribution is -2.40. The Morgan fingerprint density at radius 2 is 2.00 bits per heavy atom. The Balaban J connectivity index is 1.80. The van der Waals surface area contributed by atoms with Crippen LogP contribution in [0.15, 0.2) is 18.2 Å². The number of ketones is 1. The molecule has 0 radical (unpaired) electrons. The predicted molar refractivity (Wildman–Crippen MR) is 72.9 cm³/mol. The van der Waals surface area contributed by atoms with E-state index in [1.54, 1.807) is 12.1 Å². The highest BCUT2D eigenvalue weighted by atomic mass is 16.1. The molecule has 2 fully saturated rings. The van der Waals surface area contributed by atoms with Gasteiger partial charge in [0.2, 0.25) is 0 Å². The van der Waals surface area contributed by atoms with Gasteiger partial charge >= 0.3 is 0 Å². The van der Waals surface area contributed by atoms with Crippen LogP contribution in [0.5, 0.6) is 0 Å². The third kappa shape index (κ3) is 2.29. The molecule has 2 bridgehead atoms. The minimum Gasteiger partial charge on any atom is -0.311 e. The number of piperidine rings is 1. The Labute approximate surface area is 113 Å². The maximum absolute atomic E-state index is 12.6. The van der Waals surface area contributed by atoms with E-state index in [0.717, 1.165) is 24.0 Å². The third-order valence-corrected chi connectivity index (χ3v) is 4.48. The molecule has 1 aromatic rings. The lowest BCUT2D eigenvalue weighted by Gasteiger charge is -2.28. The molecule has 98 valence electrons. The topological polar surface area (TPSA) is 52.9 Å². The molecule has 0 aromatic heterocycles. The SMILES string of the molecule is Cc1cc(C(=O)C2CC3CCC(C2)N3)ccc1C#N. The summed E-state index contributed by atoms with van der Waals surface area (Å²) in [5.74, 6) is 0.414. The number of nitrogens with zero attached hydrogens (tertiary/aromatic N) is 1. The van der Waals surface area contributed by atoms with Crippen LogP contribution in [0.3, 0.4) is 0 Å². The number of rotatable bonds is 2. The van der Waals surface area contributed by atoms with Crippen molar-refractivity contribution in [1.29, 1.82) is 5.26 Å². The summed E-state index contributed by atoms with van der Waals surface area (Å²) in [6, 6.07) is 8.64. The Hall–Kier alpha value is -1.66. The van der Waals surface area contributed by atoms with Crippen LogP contribution < -0.4 is 5.32 Å². The molecule has 2 unspecified atom stereocenters. The molecule has 0 aliphatic carbocycles. The molecule has 1 aromatic carbocycles. The van der Waals surface area contributed by atoms with Crippen LogP contribution in [0.25, 0.3) is 0 Å². The number of hydrogen-bond acceptors (Lipinski definition) is 3. The van der Waals surface area contributed by atoms with Gasteiger partial charge in [0.25, 0.3) is 0 Å². The number of nitrogens with one attached hydrogen (secondary N) is 1. The normalized spacial score (nSPS) is 28.9. The van der Waals surface area contributed by atoms with E-state index in [1.165, 1.54) is 12.8 Å². The van der Waals surface area contributed by atoms with E-state index in [1.807, 2.05) is 13.0 Å². The molecule has 3 rings (SSSR count). The summed E-state index contributed by atoms with van der Waals surface area (Å²) < 4.78 is 0. The molecule has 2 saturated heterocycles. The van der Waals surface area contributed by atoms with Crippen molar-refractivity contribution < 1.29 is 4.79 Å². The minimum atomic E-state index is 0.158. The molecule has 0 saturated carbocycles. The van der Waals surface area contributed by atoms with Crippen LogP contribution in [0, 0.1) is 24.2 Å². The minimum absolute atomic E-state index is 0.158. The van der Waals surface area contributed by atoms with Crippen molar-refractivity contribution in [1.82, 2.24) is 5.32 Å². The number of carbonyl (C=O) groups is 1. The highest BCUT2D eigenvalue weighted by Crippen LogP contribution is 2.33. The van der Waals surface area contributed by atoms with Gasteiger partial charge in [-0.05, 0) is 50.3 Å². The van der Waals surface area contributed by atoms with E-state index in [-0.39, 0.29) is 11.7 Å². The van der Waals surface area contributed by atoms with Gasteiger partial charge in [0.1, 0.15) is 0 Å². The largest absolute Gasteiger partial charge is 0.311 e. The molecule has 3 nitrogen and oxygen atoms in total. The zero-order valence-corrected chi connectivity index (χ0v) is 11.1. The Morgan fingerprint density at radius 1 is 1.32 bits per heavy atom. The fraction of sp³-hybridized carbons (Fsp3) is 0.500. The second-order valence-electron chi connectivity index (χ2n) is 5.81. The van der Waals surface area contributed by atoms with Crippen molar-refractivity contribution in [3.05, 3.63) is 34.9 Å². The van der Waals surface area contributed by atoms with Gasteiger partial charge in [-0.25, -0.2) is 0 Å². The molecular weight excluding hydrogens is 236 g/mol. The monoisotopic (exact) mass is 254 g/mol. The predicted octanol–water partition coefficient (Wildman–Crippen LogP) is 2.58. The maximum atomic E-state index is 12.6. The Kier molecular flexibility index (Phi) is 3.12. The van der Waals surface area contributed by atoms with Gasteiger partial charge in [-0.2, -0.15) is 5.26 Å². The first kappa shape index (κ1) is 12.4. The van der Waals surface area contributed by atoms with Gasteiger partial charge in [-0.15, -0.1) is 0 Å². The molecule has 2 heterocycles. The first-order valence-electron chi connectivity index (χ1n) is 6.98. The van der Waals surface area contributed by atoms with Gasteiger partial charge in [0.15, 0.2) is 5.78 Å². The second kappa shape index (κ2) is 4.79. The quantitative estimate of drug-likeness (QED) is 0.825. The fourth-order valence-corrected chi connectivity index (χ4v) is 3.45. The lowest BCUT2D eigenvalue weighted by atomic mass is 9.85. The van der Waals surface area contributed by atoms with Crippen LogP contribution in [-0.4, -0.2) is 17.9 Å². The summed E-state index contributed by atoms with van der Waals surface area (Å²) in [5.41, 5.74) is 2.31. The van der Waals surface area contributed by atoms with Crippen molar-refractivity contribution in [3.63, 3.8) is 0 Å². The Morgan fingerprint density at radius 3 is 2.58 bits per heavy atom. The molecule has 3 heteroatoms. The molecule has 0 amide bonds. The van der Waals surface area contributed by atoms with Crippen molar-refractivity contribution in [2.24, 2.45) is 5.92 Å². The van der Waals surface area contributed by atoms with Crippen LogP contribution >= 0.6 is 0 Å². The molecule has 2 atom stereocenters. The molecule has 2 aliphatic heterocycles. The smallest absolute Gasteiger partial charge is 0.166 e. The van der Waals surface area contributed by atoms with Gasteiger partial charge in [0, 0.05) is 23.6 Å². The van der Waals surface area contributed by atoms with Gasteiger partial charge in [0.05, 0.1) is 11.6 Å². The van der Waals surface area contributed by atoms with Crippen LogP contribution in [0.1, 0.15) is 47.2 Å². The van der Waals surface area contributed by atoms with Crippen molar-refractivity contribution in [2.75, 3.05) is 0 Å². The Bertz CT molecular complexity index is 546. The van der Waals surface area contributed by atoms with Gasteiger partial charge in [-0.1, -0.05) is 6.07 Å². The third-order valence-electron chi connectivity index (χ3n) is 4.48. The summed E-state index contributed by atoms with van der Waals surface area (Å²) in [7, 11) is 0. The second-order valence-corrected chi connectivity index (χ2v) is 5.81. The van der Waals surface area contributed by atoms with Crippen molar-refractivity contribution in [2.45, 2.75) is 44.7 Å². The van der Waals surface area contributed by atoms with E-state index in [9.17, 15) is 4.79 Å². The van der Waals surface area contributed by atoms with E-state index < -0.39 is 0 Å². The molecule has 2 aliphatic rings. The number of hydrogen-bond donors (Lipinski definition) is 1. The average molecular weight is 254 g/mol. The number of aryl methyl sites for hydroxylation is 1. The van der Waals surface area contributed by atoms with Crippen molar-refractivity contribution >= 4 is 5.78 Å². The first-order valence-corrected chi connectivity index (χ1v) is 6.98. The summed E-state index contributed by atoms with van der Waals surface area (Å²) in [4.78, 5) is 12.6. The van der Waals surface area contributed by atoms with Crippen LogP contribution in [-0.2, 0) is 0 Å². The number of nitriles is 1. The number of benzene rings is 1. The molecule has 19 heavy (non-hydrogen) atoms. The van der Waals surface area contributed by atoms with E-state index in [2.05, 4.69) is 11.4 Å². The maximum Gasteiger partial charge on any atom is 0.166 e. The number of carbonyl (C=O) groups excluding carboxylic acids is 1. The van der Waals surface area contributed by atoms with E-state index in [0.29, 0.717) is 17.6 Å². The van der Waals surface area contributed by atoms with E-state index >= 15 is 0 Å². The molecule has 0 spiro atoms. The lowest BCUT2D eigenvalue weighted by molar-refractivity contribution is 0.0875. The van der Waals surface area contributed by atoms with Crippen molar-refractivity contribution in [3.8, 4) is 6.07 Å². The summed E-state index contributed by atoms with van der Waals surface area (Å²) in [6.07, 6.45) is 4.35. The number of fused-ring (bicyclic) bond motifs is 2. The van der Waals surface area contributed by atoms with Crippen LogP contribution in [0.2, 0.25) is 0 Å². The average Bonchev–Trinajstić information content (AvgIpc) is 2.76. The summed E-state index contributed by atoms with van der Waals surface area (Å²) >= 11 is 0. The van der Waals surface area contributed by atoms with Gasteiger partial charge < -0.3 is 5.32 Å².